The SMILES string of the molecule is C/C(F)=C\c1ccc(-c2cccs2)cc1. The number of halogens is 1. The van der Waals surface area contributed by atoms with Gasteiger partial charge >= 0.3 is 0 Å². The normalized spacial score (nSPS) is 11.7. The molecule has 2 aromatic rings. The fourth-order valence-electron chi connectivity index (χ4n) is 1.42. The molecule has 2 heteroatoms. The van der Waals surface area contributed by atoms with Crippen LogP contribution in [-0.2, 0) is 0 Å². The lowest BCUT2D eigenvalue weighted by atomic mass is 10.1. The Balaban J connectivity index is 2.29. The van der Waals surface area contributed by atoms with Crippen LogP contribution in [0.3, 0.4) is 0 Å². The van der Waals surface area contributed by atoms with Crippen molar-refractivity contribution in [1.82, 2.24) is 0 Å². The van der Waals surface area contributed by atoms with E-state index in [0.29, 0.717) is 0 Å². The molecule has 0 aliphatic heterocycles. The van der Waals surface area contributed by atoms with Gasteiger partial charge in [0.2, 0.25) is 0 Å². The van der Waals surface area contributed by atoms with Crippen LogP contribution in [0.4, 0.5) is 4.39 Å². The van der Waals surface area contributed by atoms with Crippen molar-refractivity contribution in [1.29, 1.82) is 0 Å². The number of allylic oxidation sites excluding steroid dienone is 1. The molecule has 0 aliphatic carbocycles. The summed E-state index contributed by atoms with van der Waals surface area (Å²) in [4.78, 5) is 1.24. The van der Waals surface area contributed by atoms with Gasteiger partial charge in [-0.1, -0.05) is 30.3 Å². The van der Waals surface area contributed by atoms with Crippen molar-refractivity contribution >= 4 is 17.4 Å². The van der Waals surface area contributed by atoms with Crippen molar-refractivity contribution in [3.05, 3.63) is 53.2 Å². The van der Waals surface area contributed by atoms with Crippen LogP contribution in [0.15, 0.2) is 47.6 Å². The van der Waals surface area contributed by atoms with E-state index in [1.165, 1.54) is 23.4 Å². The molecule has 1 aromatic carbocycles. The van der Waals surface area contributed by atoms with Crippen molar-refractivity contribution in [2.45, 2.75) is 6.92 Å². The van der Waals surface area contributed by atoms with Crippen molar-refractivity contribution in [2.75, 3.05) is 0 Å². The summed E-state index contributed by atoms with van der Waals surface area (Å²) in [7, 11) is 0. The lowest BCUT2D eigenvalue weighted by Gasteiger charge is -1.98. The van der Waals surface area contributed by atoms with Crippen LogP contribution in [0.25, 0.3) is 16.5 Å². The van der Waals surface area contributed by atoms with Crippen LogP contribution in [0, 0.1) is 0 Å². The van der Waals surface area contributed by atoms with Gasteiger partial charge in [-0.3, -0.25) is 0 Å². The number of benzene rings is 1. The highest BCUT2D eigenvalue weighted by atomic mass is 32.1. The molecule has 0 N–H and O–H groups in total. The predicted octanol–water partition coefficient (Wildman–Crippen LogP) is 4.75. The van der Waals surface area contributed by atoms with E-state index in [-0.39, 0.29) is 5.83 Å². The van der Waals surface area contributed by atoms with Gasteiger partial charge in [-0.15, -0.1) is 11.3 Å². The average Bonchev–Trinajstić information content (AvgIpc) is 2.71. The highest BCUT2D eigenvalue weighted by Crippen LogP contribution is 2.25. The fourth-order valence-corrected chi connectivity index (χ4v) is 2.15. The molecule has 0 nitrogen and oxygen atoms in total. The first-order chi connectivity index (χ1) is 7.25. The lowest BCUT2D eigenvalue weighted by molar-refractivity contribution is 0.648. The minimum atomic E-state index is -0.168. The summed E-state index contributed by atoms with van der Waals surface area (Å²) in [5, 5.41) is 2.05. The molecule has 2 rings (SSSR count). The van der Waals surface area contributed by atoms with Gasteiger partial charge in [-0.25, -0.2) is 4.39 Å². The topological polar surface area (TPSA) is 0 Å². The second kappa shape index (κ2) is 4.41. The van der Waals surface area contributed by atoms with Gasteiger partial charge in [0, 0.05) is 4.88 Å². The summed E-state index contributed by atoms with van der Waals surface area (Å²) < 4.78 is 12.6. The summed E-state index contributed by atoms with van der Waals surface area (Å²) in [5.41, 5.74) is 2.08. The monoisotopic (exact) mass is 218 g/mol. The van der Waals surface area contributed by atoms with Crippen LogP contribution in [0.5, 0.6) is 0 Å². The number of hydrogen-bond donors (Lipinski definition) is 0. The molecular formula is C13H11FS. The molecule has 0 bridgehead atoms. The summed E-state index contributed by atoms with van der Waals surface area (Å²) in [6, 6.07) is 12.0. The lowest BCUT2D eigenvalue weighted by Crippen LogP contribution is -1.75. The first-order valence-electron chi connectivity index (χ1n) is 4.73. The first kappa shape index (κ1) is 10.1. The Morgan fingerprint density at radius 2 is 1.93 bits per heavy atom. The molecule has 1 aromatic heterocycles. The van der Waals surface area contributed by atoms with E-state index >= 15 is 0 Å². The summed E-state index contributed by atoms with van der Waals surface area (Å²) in [6.45, 7) is 1.45. The van der Waals surface area contributed by atoms with Crippen LogP contribution in [0.2, 0.25) is 0 Å². The summed E-state index contributed by atoms with van der Waals surface area (Å²) in [6.07, 6.45) is 1.53. The Hall–Kier alpha value is -1.41. The highest BCUT2D eigenvalue weighted by molar-refractivity contribution is 7.13. The zero-order valence-corrected chi connectivity index (χ0v) is 9.22. The van der Waals surface area contributed by atoms with E-state index in [2.05, 4.69) is 11.4 Å². The van der Waals surface area contributed by atoms with Crippen LogP contribution in [0.1, 0.15) is 12.5 Å². The maximum absolute atomic E-state index is 12.6. The second-order valence-corrected chi connectivity index (χ2v) is 4.28. The van der Waals surface area contributed by atoms with Crippen LogP contribution >= 0.6 is 11.3 Å². The first-order valence-corrected chi connectivity index (χ1v) is 5.61. The molecule has 0 radical (unpaired) electrons. The molecule has 0 amide bonds. The van der Waals surface area contributed by atoms with E-state index < -0.39 is 0 Å². The fraction of sp³-hybridized carbons (Fsp3) is 0.0769. The van der Waals surface area contributed by atoms with Crippen LogP contribution < -0.4 is 0 Å². The molecule has 76 valence electrons. The quantitative estimate of drug-likeness (QED) is 0.682. The van der Waals surface area contributed by atoms with Gasteiger partial charge in [-0.05, 0) is 35.6 Å². The Morgan fingerprint density at radius 3 is 2.47 bits per heavy atom. The zero-order chi connectivity index (χ0) is 10.7. The zero-order valence-electron chi connectivity index (χ0n) is 8.41. The highest BCUT2D eigenvalue weighted by Gasteiger charge is 1.97. The van der Waals surface area contributed by atoms with Gasteiger partial charge in [0.15, 0.2) is 0 Å². The molecule has 1 heterocycles. The molecule has 0 atom stereocenters. The van der Waals surface area contributed by atoms with Gasteiger partial charge in [0.25, 0.3) is 0 Å². The van der Waals surface area contributed by atoms with Crippen molar-refractivity contribution in [3.63, 3.8) is 0 Å². The maximum Gasteiger partial charge on any atom is 0.0974 e. The maximum atomic E-state index is 12.6. The molecule has 0 saturated heterocycles. The third kappa shape index (κ3) is 2.54. The van der Waals surface area contributed by atoms with E-state index in [9.17, 15) is 4.39 Å². The third-order valence-electron chi connectivity index (χ3n) is 2.08. The molecule has 0 unspecified atom stereocenters. The van der Waals surface area contributed by atoms with Crippen molar-refractivity contribution < 1.29 is 4.39 Å². The predicted molar refractivity (Wildman–Crippen MR) is 64.5 cm³/mol. The number of thiophene rings is 1. The van der Waals surface area contributed by atoms with Crippen molar-refractivity contribution in [3.8, 4) is 10.4 Å². The molecular weight excluding hydrogens is 207 g/mol. The molecule has 15 heavy (non-hydrogen) atoms. The molecule has 0 saturated carbocycles. The number of rotatable bonds is 2. The van der Waals surface area contributed by atoms with Gasteiger partial charge in [0.05, 0.1) is 5.83 Å². The second-order valence-electron chi connectivity index (χ2n) is 3.33. The third-order valence-corrected chi connectivity index (χ3v) is 3.00. The summed E-state index contributed by atoms with van der Waals surface area (Å²) in [5.74, 6) is -0.168. The minimum Gasteiger partial charge on any atom is -0.212 e. The van der Waals surface area contributed by atoms with Gasteiger partial charge in [-0.2, -0.15) is 0 Å². The molecule has 0 aliphatic rings. The standard InChI is InChI=1S/C13H11FS/c1-10(14)9-11-4-6-12(7-5-11)13-3-2-8-15-13/h2-9H,1H3/b10-9+. The Labute approximate surface area is 92.7 Å². The Kier molecular flexibility index (Phi) is 2.97. The van der Waals surface area contributed by atoms with E-state index in [1.54, 1.807) is 11.3 Å². The Bertz CT molecular complexity index is 448. The van der Waals surface area contributed by atoms with Crippen LogP contribution in [-0.4, -0.2) is 0 Å². The average molecular weight is 218 g/mol. The van der Waals surface area contributed by atoms with E-state index in [0.717, 1.165) is 5.56 Å². The molecule has 0 fully saturated rings. The molecule has 0 spiro atoms. The Morgan fingerprint density at radius 1 is 1.20 bits per heavy atom. The minimum absolute atomic E-state index is 0.168. The summed E-state index contributed by atoms with van der Waals surface area (Å²) >= 11 is 1.71. The smallest absolute Gasteiger partial charge is 0.0974 e. The van der Waals surface area contributed by atoms with E-state index in [4.69, 9.17) is 0 Å². The van der Waals surface area contributed by atoms with Gasteiger partial charge < -0.3 is 0 Å². The largest absolute Gasteiger partial charge is 0.212 e. The van der Waals surface area contributed by atoms with Crippen molar-refractivity contribution in [2.24, 2.45) is 0 Å². The number of hydrogen-bond acceptors (Lipinski definition) is 1. The van der Waals surface area contributed by atoms with E-state index in [1.807, 2.05) is 30.3 Å². The van der Waals surface area contributed by atoms with Gasteiger partial charge in [0.1, 0.15) is 0 Å².